The van der Waals surface area contributed by atoms with Gasteiger partial charge in [-0.05, 0) is 12.8 Å². The molecule has 2 aromatic carbocycles. The fourth-order valence-electron chi connectivity index (χ4n) is 2.59. The Morgan fingerprint density at radius 1 is 0.577 bits per heavy atom. The number of unbranched alkanes of at least 4 members (excludes halogenated alkanes) is 1. The lowest BCUT2D eigenvalue weighted by Gasteiger charge is -2.08. The number of benzene rings is 2. The maximum Gasteiger partial charge on any atom is 0.170 e. The van der Waals surface area contributed by atoms with Crippen LogP contribution in [0.25, 0.3) is 0 Å². The highest BCUT2D eigenvalue weighted by atomic mass is 16.3. The first-order valence-corrected chi connectivity index (χ1v) is 7.77. The van der Waals surface area contributed by atoms with E-state index in [-0.39, 0.29) is 48.3 Å². The molecule has 0 fully saturated rings. The Morgan fingerprint density at radius 3 is 1.12 bits per heavy atom. The topological polar surface area (TPSA) is 156 Å². The average molecular weight is 362 g/mol. The molecule has 0 saturated carbocycles. The van der Waals surface area contributed by atoms with Crippen molar-refractivity contribution in [1.29, 1.82) is 0 Å². The van der Waals surface area contributed by atoms with E-state index in [1.54, 1.807) is 0 Å². The number of rotatable bonds is 7. The van der Waals surface area contributed by atoms with Crippen LogP contribution in [0.1, 0.15) is 46.4 Å². The van der Waals surface area contributed by atoms with Crippen molar-refractivity contribution in [2.24, 2.45) is 0 Å². The van der Waals surface area contributed by atoms with Crippen molar-refractivity contribution in [2.75, 3.05) is 0 Å². The number of hydrogen-bond acceptors (Lipinski definition) is 8. The van der Waals surface area contributed by atoms with Gasteiger partial charge < -0.3 is 30.6 Å². The molecule has 2 aromatic rings. The lowest BCUT2D eigenvalue weighted by molar-refractivity contribution is 0.0948. The zero-order valence-electron chi connectivity index (χ0n) is 13.6. The van der Waals surface area contributed by atoms with Gasteiger partial charge >= 0.3 is 0 Å². The lowest BCUT2D eigenvalue weighted by atomic mass is 9.99. The Hall–Kier alpha value is -3.42. The van der Waals surface area contributed by atoms with E-state index < -0.39 is 34.6 Å². The summed E-state index contributed by atoms with van der Waals surface area (Å²) in [6.07, 6.45) is 0.382. The fourth-order valence-corrected chi connectivity index (χ4v) is 2.59. The number of Topliss-reactive ketones (excluding diaryl/α,β-unsaturated/α-hetero) is 2. The molecule has 0 amide bonds. The lowest BCUT2D eigenvalue weighted by Crippen LogP contribution is -2.03. The largest absolute Gasteiger partial charge is 0.508 e. The average Bonchev–Trinajstić information content (AvgIpc) is 2.49. The van der Waals surface area contributed by atoms with Crippen LogP contribution in [0, 0.1) is 0 Å². The molecule has 0 saturated heterocycles. The zero-order valence-corrected chi connectivity index (χ0v) is 13.6. The van der Waals surface area contributed by atoms with Crippen LogP contribution in [0.5, 0.6) is 34.5 Å². The van der Waals surface area contributed by atoms with Crippen LogP contribution in [0.3, 0.4) is 0 Å². The summed E-state index contributed by atoms with van der Waals surface area (Å²) in [4.78, 5) is 24.1. The van der Waals surface area contributed by atoms with Crippen LogP contribution in [-0.2, 0) is 0 Å². The molecule has 0 aromatic heterocycles. The smallest absolute Gasteiger partial charge is 0.170 e. The zero-order chi connectivity index (χ0) is 19.4. The summed E-state index contributed by atoms with van der Waals surface area (Å²) in [6, 6.07) is 3.75. The molecule has 0 spiro atoms. The van der Waals surface area contributed by atoms with Crippen molar-refractivity contribution in [3.8, 4) is 34.5 Å². The second kappa shape index (κ2) is 7.64. The minimum atomic E-state index is -0.553. The van der Waals surface area contributed by atoms with Crippen LogP contribution >= 0.6 is 0 Å². The summed E-state index contributed by atoms with van der Waals surface area (Å²) in [6.45, 7) is 0. The van der Waals surface area contributed by atoms with E-state index in [2.05, 4.69) is 0 Å². The van der Waals surface area contributed by atoms with Crippen LogP contribution in [0.2, 0.25) is 0 Å². The summed E-state index contributed by atoms with van der Waals surface area (Å²) in [5, 5.41) is 57.0. The Morgan fingerprint density at radius 2 is 0.846 bits per heavy atom. The molecule has 8 nitrogen and oxygen atoms in total. The number of ketones is 2. The predicted octanol–water partition coefficient (Wildman–Crippen LogP) is 2.55. The quantitative estimate of drug-likeness (QED) is 0.324. The number of hydrogen-bond donors (Lipinski definition) is 6. The Bertz CT molecular complexity index is 739. The van der Waals surface area contributed by atoms with Gasteiger partial charge in [0.1, 0.15) is 45.6 Å². The second-order valence-corrected chi connectivity index (χ2v) is 5.77. The third-order valence-electron chi connectivity index (χ3n) is 3.78. The third kappa shape index (κ3) is 4.15. The van der Waals surface area contributed by atoms with Crippen LogP contribution in [0.15, 0.2) is 24.3 Å². The fraction of sp³-hybridized carbons (Fsp3) is 0.222. The number of phenols is 6. The van der Waals surface area contributed by atoms with Gasteiger partial charge in [-0.2, -0.15) is 0 Å². The molecular formula is C18H18O8. The van der Waals surface area contributed by atoms with Crippen LogP contribution in [-0.4, -0.2) is 42.2 Å². The molecular weight excluding hydrogens is 344 g/mol. The normalized spacial score (nSPS) is 10.6. The molecule has 0 heterocycles. The number of aromatic hydroxyl groups is 6. The molecule has 0 bridgehead atoms. The van der Waals surface area contributed by atoms with E-state index in [9.17, 15) is 40.2 Å². The maximum absolute atomic E-state index is 12.1. The first-order valence-electron chi connectivity index (χ1n) is 7.77. The SMILES string of the molecule is O=C(CCCCC(=O)c1c(O)cc(O)cc1O)c1c(O)cc(O)cc1O. The first-order chi connectivity index (χ1) is 12.2. The first kappa shape index (κ1) is 18.9. The highest BCUT2D eigenvalue weighted by Gasteiger charge is 2.19. The number of carbonyl (C=O) groups excluding carboxylic acids is 2. The number of carbonyl (C=O) groups is 2. The molecule has 0 radical (unpaired) electrons. The molecule has 0 aliphatic carbocycles. The van der Waals surface area contributed by atoms with E-state index in [1.165, 1.54) is 0 Å². The van der Waals surface area contributed by atoms with E-state index >= 15 is 0 Å². The standard InChI is InChI=1S/C18H18O8/c19-9-5-13(23)17(14(24)6-9)11(21)3-1-2-4-12(22)18-15(25)7-10(20)8-16(18)26/h5-8,19-20,23-26H,1-4H2. The summed E-state index contributed by atoms with van der Waals surface area (Å²) in [7, 11) is 0. The highest BCUT2D eigenvalue weighted by Crippen LogP contribution is 2.34. The van der Waals surface area contributed by atoms with Gasteiger partial charge in [-0.25, -0.2) is 0 Å². The van der Waals surface area contributed by atoms with Gasteiger partial charge in [-0.15, -0.1) is 0 Å². The Labute approximate surface area is 148 Å². The minimum absolute atomic E-state index is 0.0628. The highest BCUT2D eigenvalue weighted by molar-refractivity contribution is 6.02. The van der Waals surface area contributed by atoms with Gasteiger partial charge in [0.25, 0.3) is 0 Å². The van der Waals surface area contributed by atoms with Gasteiger partial charge in [-0.1, -0.05) is 0 Å². The molecule has 0 unspecified atom stereocenters. The van der Waals surface area contributed by atoms with Crippen molar-refractivity contribution in [3.63, 3.8) is 0 Å². The molecule has 0 aliphatic rings. The molecule has 138 valence electrons. The van der Waals surface area contributed by atoms with Crippen molar-refractivity contribution >= 4 is 11.6 Å². The van der Waals surface area contributed by atoms with E-state index in [0.29, 0.717) is 0 Å². The summed E-state index contributed by atoms with van der Waals surface area (Å²) >= 11 is 0. The molecule has 2 rings (SSSR count). The van der Waals surface area contributed by atoms with Gasteiger partial charge in [0.15, 0.2) is 11.6 Å². The Balaban J connectivity index is 1.93. The Kier molecular flexibility index (Phi) is 5.56. The van der Waals surface area contributed by atoms with Gasteiger partial charge in [0.05, 0.1) is 0 Å². The molecule has 8 heteroatoms. The molecule has 6 N–H and O–H groups in total. The van der Waals surface area contributed by atoms with Crippen LogP contribution in [0.4, 0.5) is 0 Å². The van der Waals surface area contributed by atoms with Gasteiger partial charge in [-0.3, -0.25) is 9.59 Å². The summed E-state index contributed by atoms with van der Waals surface area (Å²) < 4.78 is 0. The monoisotopic (exact) mass is 362 g/mol. The van der Waals surface area contributed by atoms with Gasteiger partial charge in [0.2, 0.25) is 0 Å². The van der Waals surface area contributed by atoms with E-state index in [0.717, 1.165) is 24.3 Å². The van der Waals surface area contributed by atoms with Crippen molar-refractivity contribution in [2.45, 2.75) is 25.7 Å². The van der Waals surface area contributed by atoms with E-state index in [4.69, 9.17) is 0 Å². The van der Waals surface area contributed by atoms with Gasteiger partial charge in [0, 0.05) is 37.1 Å². The van der Waals surface area contributed by atoms with Crippen molar-refractivity contribution in [1.82, 2.24) is 0 Å². The second-order valence-electron chi connectivity index (χ2n) is 5.77. The molecule has 26 heavy (non-hydrogen) atoms. The number of phenolic OH excluding ortho intramolecular Hbond substituents is 6. The summed E-state index contributed by atoms with van der Waals surface area (Å²) in [5.41, 5.74) is -0.606. The predicted molar refractivity (Wildman–Crippen MR) is 90.0 cm³/mol. The third-order valence-corrected chi connectivity index (χ3v) is 3.78. The minimum Gasteiger partial charge on any atom is -0.508 e. The van der Waals surface area contributed by atoms with E-state index in [1.807, 2.05) is 0 Å². The van der Waals surface area contributed by atoms with Crippen LogP contribution < -0.4 is 0 Å². The van der Waals surface area contributed by atoms with Crippen molar-refractivity contribution < 1.29 is 40.2 Å². The maximum atomic E-state index is 12.1. The summed E-state index contributed by atoms with van der Waals surface area (Å²) in [5.74, 6) is -4.02. The van der Waals surface area contributed by atoms with Crippen molar-refractivity contribution in [3.05, 3.63) is 35.4 Å². The molecule has 0 atom stereocenters. The molecule has 0 aliphatic heterocycles.